The summed E-state index contributed by atoms with van der Waals surface area (Å²) in [6.45, 7) is 4.37. The predicted octanol–water partition coefficient (Wildman–Crippen LogP) is 3.66. The van der Waals surface area contributed by atoms with Gasteiger partial charge in [-0.3, -0.25) is 10.1 Å². The summed E-state index contributed by atoms with van der Waals surface area (Å²) in [6.07, 6.45) is 4.71. The van der Waals surface area contributed by atoms with Gasteiger partial charge in [0, 0.05) is 25.6 Å². The highest BCUT2D eigenvalue weighted by Gasteiger charge is 2.29. The monoisotopic (exact) mass is 485 g/mol. The molecule has 0 atom stereocenters. The lowest BCUT2D eigenvalue weighted by Crippen LogP contribution is -2.48. The Kier molecular flexibility index (Phi) is 6.95. The van der Waals surface area contributed by atoms with Crippen LogP contribution in [0.3, 0.4) is 0 Å². The van der Waals surface area contributed by atoms with Crippen molar-refractivity contribution >= 4 is 22.0 Å². The molecule has 1 saturated carbocycles. The molecule has 0 unspecified atom stereocenters. The number of carbonyl (C=O) groups is 2. The van der Waals surface area contributed by atoms with E-state index in [4.69, 9.17) is 4.74 Å². The Labute approximate surface area is 200 Å². The SMILES string of the molecule is CC(C)(NS(=O)(=O)c1cccc(OC2CCCC2)c1)c1ccc(CN2CCC(=O)NC2=O)cc1. The maximum Gasteiger partial charge on any atom is 0.324 e. The highest BCUT2D eigenvalue weighted by atomic mass is 32.2. The normalized spacial score (nSPS) is 17.6. The Morgan fingerprint density at radius 2 is 1.79 bits per heavy atom. The van der Waals surface area contributed by atoms with E-state index in [2.05, 4.69) is 10.0 Å². The smallest absolute Gasteiger partial charge is 0.324 e. The number of amides is 3. The molecule has 8 nitrogen and oxygen atoms in total. The first-order valence-electron chi connectivity index (χ1n) is 11.6. The topological polar surface area (TPSA) is 105 Å². The number of sulfonamides is 1. The molecule has 2 aliphatic rings. The van der Waals surface area contributed by atoms with Gasteiger partial charge in [0.25, 0.3) is 0 Å². The van der Waals surface area contributed by atoms with Crippen LogP contribution in [0.15, 0.2) is 53.4 Å². The molecule has 0 radical (unpaired) electrons. The van der Waals surface area contributed by atoms with Gasteiger partial charge in [-0.1, -0.05) is 30.3 Å². The van der Waals surface area contributed by atoms with E-state index in [-0.39, 0.29) is 23.3 Å². The first-order valence-corrected chi connectivity index (χ1v) is 13.1. The molecule has 34 heavy (non-hydrogen) atoms. The van der Waals surface area contributed by atoms with E-state index in [0.29, 0.717) is 18.8 Å². The Bertz CT molecular complexity index is 1160. The van der Waals surface area contributed by atoms with Crippen molar-refractivity contribution < 1.29 is 22.7 Å². The van der Waals surface area contributed by atoms with Crippen molar-refractivity contribution in [1.82, 2.24) is 14.9 Å². The summed E-state index contributed by atoms with van der Waals surface area (Å²) in [7, 11) is -3.79. The minimum Gasteiger partial charge on any atom is -0.490 e. The van der Waals surface area contributed by atoms with E-state index in [1.807, 2.05) is 38.1 Å². The van der Waals surface area contributed by atoms with Gasteiger partial charge < -0.3 is 9.64 Å². The summed E-state index contributed by atoms with van der Waals surface area (Å²) in [5.41, 5.74) is 0.814. The van der Waals surface area contributed by atoms with Gasteiger partial charge in [-0.05, 0) is 62.8 Å². The minimum absolute atomic E-state index is 0.150. The van der Waals surface area contributed by atoms with Crippen LogP contribution in [0.1, 0.15) is 57.1 Å². The third kappa shape index (κ3) is 5.77. The average molecular weight is 486 g/mol. The minimum atomic E-state index is -3.79. The second-order valence-electron chi connectivity index (χ2n) is 9.45. The largest absolute Gasteiger partial charge is 0.490 e. The van der Waals surface area contributed by atoms with Gasteiger partial charge in [0.1, 0.15) is 5.75 Å². The summed E-state index contributed by atoms with van der Waals surface area (Å²) in [4.78, 5) is 25.0. The zero-order valence-corrected chi connectivity index (χ0v) is 20.4. The molecule has 1 heterocycles. The van der Waals surface area contributed by atoms with E-state index >= 15 is 0 Å². The van der Waals surface area contributed by atoms with E-state index in [0.717, 1.165) is 36.8 Å². The van der Waals surface area contributed by atoms with Crippen LogP contribution in [0.2, 0.25) is 0 Å². The Hall–Kier alpha value is -2.91. The van der Waals surface area contributed by atoms with Crippen LogP contribution < -0.4 is 14.8 Å². The Morgan fingerprint density at radius 3 is 2.47 bits per heavy atom. The van der Waals surface area contributed by atoms with E-state index in [9.17, 15) is 18.0 Å². The van der Waals surface area contributed by atoms with Crippen molar-refractivity contribution in [3.8, 4) is 5.75 Å². The fourth-order valence-electron chi connectivity index (χ4n) is 4.36. The zero-order valence-electron chi connectivity index (χ0n) is 19.5. The number of hydrogen-bond donors (Lipinski definition) is 2. The van der Waals surface area contributed by atoms with Crippen LogP contribution in [-0.2, 0) is 26.9 Å². The number of carbonyl (C=O) groups excluding carboxylic acids is 2. The molecule has 3 amide bonds. The van der Waals surface area contributed by atoms with Gasteiger partial charge in [-0.25, -0.2) is 17.9 Å². The molecular formula is C25H31N3O5S. The fraction of sp³-hybridized carbons (Fsp3) is 0.440. The molecule has 9 heteroatoms. The quantitative estimate of drug-likeness (QED) is 0.594. The van der Waals surface area contributed by atoms with Crippen LogP contribution >= 0.6 is 0 Å². The van der Waals surface area contributed by atoms with Crippen LogP contribution in [-0.4, -0.2) is 37.9 Å². The van der Waals surface area contributed by atoms with Crippen molar-refractivity contribution in [2.24, 2.45) is 0 Å². The van der Waals surface area contributed by atoms with Gasteiger partial charge in [0.15, 0.2) is 0 Å². The summed E-state index contributed by atoms with van der Waals surface area (Å²) in [6, 6.07) is 13.7. The highest BCUT2D eigenvalue weighted by Crippen LogP contribution is 2.28. The number of nitrogens with one attached hydrogen (secondary N) is 2. The van der Waals surface area contributed by atoms with Gasteiger partial charge in [0.2, 0.25) is 15.9 Å². The lowest BCUT2D eigenvalue weighted by molar-refractivity contribution is -0.121. The number of nitrogens with zero attached hydrogens (tertiary/aromatic N) is 1. The molecule has 4 rings (SSSR count). The van der Waals surface area contributed by atoms with Crippen LogP contribution in [0.4, 0.5) is 4.79 Å². The highest BCUT2D eigenvalue weighted by molar-refractivity contribution is 7.89. The number of urea groups is 1. The van der Waals surface area contributed by atoms with Gasteiger partial charge >= 0.3 is 6.03 Å². The molecule has 2 fully saturated rings. The van der Waals surface area contributed by atoms with Crippen molar-refractivity contribution in [1.29, 1.82) is 0 Å². The first-order chi connectivity index (χ1) is 16.1. The molecule has 1 saturated heterocycles. The number of hydrogen-bond acceptors (Lipinski definition) is 5. The van der Waals surface area contributed by atoms with E-state index < -0.39 is 21.6 Å². The molecule has 0 aromatic heterocycles. The average Bonchev–Trinajstić information content (AvgIpc) is 3.29. The van der Waals surface area contributed by atoms with Gasteiger partial charge in [-0.2, -0.15) is 0 Å². The first kappa shape index (κ1) is 24.2. The Morgan fingerprint density at radius 1 is 1.09 bits per heavy atom. The maximum absolute atomic E-state index is 13.2. The van der Waals surface area contributed by atoms with Crippen LogP contribution in [0.5, 0.6) is 5.75 Å². The number of ether oxygens (including phenoxy) is 1. The molecule has 2 N–H and O–H groups in total. The second kappa shape index (κ2) is 9.76. The molecule has 1 aliphatic heterocycles. The fourth-order valence-corrected chi connectivity index (χ4v) is 5.80. The van der Waals surface area contributed by atoms with Gasteiger partial charge in [-0.15, -0.1) is 0 Å². The molecule has 2 aromatic rings. The number of imide groups is 1. The molecular weight excluding hydrogens is 454 g/mol. The van der Waals surface area contributed by atoms with Crippen LogP contribution in [0, 0.1) is 0 Å². The summed E-state index contributed by atoms with van der Waals surface area (Å²) >= 11 is 0. The number of benzene rings is 2. The Balaban J connectivity index is 1.43. The van der Waals surface area contributed by atoms with Gasteiger partial charge in [0.05, 0.1) is 16.5 Å². The van der Waals surface area contributed by atoms with Crippen LogP contribution in [0.25, 0.3) is 0 Å². The van der Waals surface area contributed by atoms with Crippen molar-refractivity contribution in [3.63, 3.8) is 0 Å². The lowest BCUT2D eigenvalue weighted by Gasteiger charge is -2.28. The molecule has 0 bridgehead atoms. The zero-order chi connectivity index (χ0) is 24.3. The lowest BCUT2D eigenvalue weighted by atomic mass is 9.95. The molecule has 182 valence electrons. The van der Waals surface area contributed by atoms with E-state index in [1.54, 1.807) is 29.2 Å². The van der Waals surface area contributed by atoms with E-state index in [1.165, 1.54) is 0 Å². The molecule has 1 aliphatic carbocycles. The predicted molar refractivity (Wildman–Crippen MR) is 128 cm³/mol. The van der Waals surface area contributed by atoms with Crippen molar-refractivity contribution in [2.75, 3.05) is 6.54 Å². The van der Waals surface area contributed by atoms with Crippen molar-refractivity contribution in [3.05, 3.63) is 59.7 Å². The maximum atomic E-state index is 13.2. The second-order valence-corrected chi connectivity index (χ2v) is 11.1. The summed E-state index contributed by atoms with van der Waals surface area (Å²) in [5.74, 6) is 0.307. The molecule has 0 spiro atoms. The third-order valence-corrected chi connectivity index (χ3v) is 7.96. The summed E-state index contributed by atoms with van der Waals surface area (Å²) < 4.78 is 35.1. The standard InChI is InChI=1S/C25H31N3O5S/c1-25(2,19-12-10-18(11-13-19)17-28-15-14-23(29)26-24(28)30)27-34(31,32)22-9-5-8-21(16-22)33-20-6-3-4-7-20/h5,8-13,16,20,27H,3-4,6-7,14-15,17H2,1-2H3,(H,26,29,30). The number of rotatable bonds is 8. The summed E-state index contributed by atoms with van der Waals surface area (Å²) in [5, 5.41) is 2.31. The van der Waals surface area contributed by atoms with Crippen molar-refractivity contribution in [2.45, 2.75) is 69.0 Å². The molecule has 2 aromatic carbocycles. The third-order valence-electron chi connectivity index (χ3n) is 6.30.